The normalized spacial score (nSPS) is 11.7. The molecule has 2 amide bonds. The SMILES string of the molecule is CSCC(C)CNC(=O)Nc1ccc(C(=O)O)nc1. The molecule has 1 unspecified atom stereocenters. The molecule has 0 saturated carbocycles. The van der Waals surface area contributed by atoms with Crippen molar-refractivity contribution in [3.8, 4) is 0 Å². The van der Waals surface area contributed by atoms with Crippen LogP contribution < -0.4 is 10.6 Å². The monoisotopic (exact) mass is 283 g/mol. The molecular formula is C12H17N3O3S. The molecule has 0 fully saturated rings. The third kappa shape index (κ3) is 5.60. The van der Waals surface area contributed by atoms with Crippen molar-refractivity contribution in [3.63, 3.8) is 0 Å². The van der Waals surface area contributed by atoms with E-state index in [2.05, 4.69) is 22.5 Å². The van der Waals surface area contributed by atoms with Gasteiger partial charge in [-0.2, -0.15) is 11.8 Å². The number of aromatic nitrogens is 1. The molecule has 7 heteroatoms. The second-order valence-electron chi connectivity index (χ2n) is 4.13. The van der Waals surface area contributed by atoms with E-state index in [4.69, 9.17) is 5.11 Å². The van der Waals surface area contributed by atoms with Gasteiger partial charge in [-0.3, -0.25) is 0 Å². The van der Waals surface area contributed by atoms with Gasteiger partial charge in [-0.15, -0.1) is 0 Å². The summed E-state index contributed by atoms with van der Waals surface area (Å²) in [5.41, 5.74) is 0.402. The summed E-state index contributed by atoms with van der Waals surface area (Å²) < 4.78 is 0. The first kappa shape index (κ1) is 15.3. The molecule has 0 aliphatic carbocycles. The molecule has 1 aromatic heterocycles. The molecule has 1 rings (SSSR count). The Kier molecular flexibility index (Phi) is 6.14. The fourth-order valence-electron chi connectivity index (χ4n) is 1.38. The van der Waals surface area contributed by atoms with Gasteiger partial charge < -0.3 is 15.7 Å². The Balaban J connectivity index is 2.42. The molecule has 0 radical (unpaired) electrons. The molecule has 1 aromatic rings. The zero-order valence-corrected chi connectivity index (χ0v) is 11.7. The predicted molar refractivity (Wildman–Crippen MR) is 75.8 cm³/mol. The van der Waals surface area contributed by atoms with Crippen LogP contribution in [0.4, 0.5) is 10.5 Å². The third-order valence-electron chi connectivity index (χ3n) is 2.30. The molecule has 0 aliphatic rings. The number of nitrogens with zero attached hydrogens (tertiary/aromatic N) is 1. The van der Waals surface area contributed by atoms with E-state index in [-0.39, 0.29) is 11.7 Å². The molecular weight excluding hydrogens is 266 g/mol. The topological polar surface area (TPSA) is 91.3 Å². The van der Waals surface area contributed by atoms with Gasteiger partial charge in [0.05, 0.1) is 11.9 Å². The predicted octanol–water partition coefficient (Wildman–Crippen LogP) is 1.90. The summed E-state index contributed by atoms with van der Waals surface area (Å²) in [6, 6.07) is 2.52. The van der Waals surface area contributed by atoms with Crippen molar-refractivity contribution < 1.29 is 14.7 Å². The highest BCUT2D eigenvalue weighted by Gasteiger charge is 2.07. The van der Waals surface area contributed by atoms with Gasteiger partial charge in [0, 0.05) is 6.54 Å². The molecule has 3 N–H and O–H groups in total. The van der Waals surface area contributed by atoms with Gasteiger partial charge >= 0.3 is 12.0 Å². The van der Waals surface area contributed by atoms with Crippen molar-refractivity contribution in [3.05, 3.63) is 24.0 Å². The van der Waals surface area contributed by atoms with Crippen LogP contribution in [0, 0.1) is 5.92 Å². The van der Waals surface area contributed by atoms with Crippen LogP contribution in [0.5, 0.6) is 0 Å². The zero-order chi connectivity index (χ0) is 14.3. The first-order chi connectivity index (χ1) is 9.02. The number of aromatic carboxylic acids is 1. The lowest BCUT2D eigenvalue weighted by atomic mass is 10.2. The van der Waals surface area contributed by atoms with Gasteiger partial charge in [0.25, 0.3) is 0 Å². The summed E-state index contributed by atoms with van der Waals surface area (Å²) >= 11 is 1.73. The fourth-order valence-corrected chi connectivity index (χ4v) is 2.07. The molecule has 0 bridgehead atoms. The Morgan fingerprint density at radius 2 is 2.21 bits per heavy atom. The van der Waals surface area contributed by atoms with E-state index in [9.17, 15) is 9.59 Å². The summed E-state index contributed by atoms with van der Waals surface area (Å²) in [6.07, 6.45) is 3.33. The summed E-state index contributed by atoms with van der Waals surface area (Å²) in [5.74, 6) is 0.282. The largest absolute Gasteiger partial charge is 0.477 e. The highest BCUT2D eigenvalue weighted by Crippen LogP contribution is 2.06. The van der Waals surface area contributed by atoms with Crippen molar-refractivity contribution in [2.24, 2.45) is 5.92 Å². The number of pyridine rings is 1. The van der Waals surface area contributed by atoms with Crippen molar-refractivity contribution in [1.29, 1.82) is 0 Å². The number of hydrogen-bond donors (Lipinski definition) is 3. The number of carboxylic acid groups (broad SMARTS) is 1. The molecule has 1 heterocycles. The maximum Gasteiger partial charge on any atom is 0.354 e. The standard InChI is InChI=1S/C12H17N3O3S/c1-8(7-19-2)5-14-12(18)15-9-3-4-10(11(16)17)13-6-9/h3-4,6,8H,5,7H2,1-2H3,(H,16,17)(H2,14,15,18). The van der Waals surface area contributed by atoms with Gasteiger partial charge in [-0.25, -0.2) is 14.6 Å². The molecule has 0 spiro atoms. The summed E-state index contributed by atoms with van der Waals surface area (Å²) in [5, 5.41) is 14.0. The Labute approximate surface area is 116 Å². The Bertz CT molecular complexity index is 436. The van der Waals surface area contributed by atoms with Crippen molar-refractivity contribution in [1.82, 2.24) is 10.3 Å². The average molecular weight is 283 g/mol. The number of amides is 2. The number of nitrogens with one attached hydrogen (secondary N) is 2. The van der Waals surface area contributed by atoms with Gasteiger partial charge in [0.1, 0.15) is 5.69 Å². The smallest absolute Gasteiger partial charge is 0.354 e. The number of hydrogen-bond acceptors (Lipinski definition) is 4. The lowest BCUT2D eigenvalue weighted by molar-refractivity contribution is 0.0690. The Morgan fingerprint density at radius 3 is 2.74 bits per heavy atom. The number of rotatable bonds is 6. The maximum atomic E-state index is 11.6. The van der Waals surface area contributed by atoms with E-state index in [0.29, 0.717) is 18.2 Å². The molecule has 0 saturated heterocycles. The Morgan fingerprint density at radius 1 is 1.47 bits per heavy atom. The van der Waals surface area contributed by atoms with Crippen LogP contribution >= 0.6 is 11.8 Å². The van der Waals surface area contributed by atoms with Gasteiger partial charge in [-0.05, 0) is 30.1 Å². The van der Waals surface area contributed by atoms with Crippen LogP contribution in [0.25, 0.3) is 0 Å². The quantitative estimate of drug-likeness (QED) is 0.741. The van der Waals surface area contributed by atoms with Crippen LogP contribution in [0.15, 0.2) is 18.3 Å². The van der Waals surface area contributed by atoms with E-state index in [0.717, 1.165) is 5.75 Å². The molecule has 19 heavy (non-hydrogen) atoms. The molecule has 104 valence electrons. The number of carbonyl (C=O) groups excluding carboxylic acids is 1. The van der Waals surface area contributed by atoms with Crippen LogP contribution in [0.1, 0.15) is 17.4 Å². The van der Waals surface area contributed by atoms with Gasteiger partial charge in [0.15, 0.2) is 0 Å². The highest BCUT2D eigenvalue weighted by atomic mass is 32.2. The first-order valence-electron chi connectivity index (χ1n) is 5.76. The number of urea groups is 1. The second kappa shape index (κ2) is 7.63. The molecule has 1 atom stereocenters. The van der Waals surface area contributed by atoms with E-state index < -0.39 is 5.97 Å². The van der Waals surface area contributed by atoms with Gasteiger partial charge in [-0.1, -0.05) is 6.92 Å². The lowest BCUT2D eigenvalue weighted by Crippen LogP contribution is -2.33. The van der Waals surface area contributed by atoms with Crippen LogP contribution in [0.3, 0.4) is 0 Å². The highest BCUT2D eigenvalue weighted by molar-refractivity contribution is 7.98. The fraction of sp³-hybridized carbons (Fsp3) is 0.417. The number of anilines is 1. The van der Waals surface area contributed by atoms with Crippen LogP contribution in [-0.2, 0) is 0 Å². The molecule has 0 aliphatic heterocycles. The average Bonchev–Trinajstić information content (AvgIpc) is 2.37. The second-order valence-corrected chi connectivity index (χ2v) is 5.04. The summed E-state index contributed by atoms with van der Waals surface area (Å²) in [7, 11) is 0. The van der Waals surface area contributed by atoms with Crippen LogP contribution in [-0.4, -0.2) is 40.6 Å². The van der Waals surface area contributed by atoms with Crippen molar-refractivity contribution in [2.75, 3.05) is 23.9 Å². The van der Waals surface area contributed by atoms with E-state index in [1.165, 1.54) is 18.3 Å². The Hall–Kier alpha value is -1.76. The molecule has 0 aromatic carbocycles. The van der Waals surface area contributed by atoms with Crippen molar-refractivity contribution in [2.45, 2.75) is 6.92 Å². The van der Waals surface area contributed by atoms with Crippen molar-refractivity contribution >= 4 is 29.4 Å². The maximum absolute atomic E-state index is 11.6. The zero-order valence-electron chi connectivity index (χ0n) is 10.8. The lowest BCUT2D eigenvalue weighted by Gasteiger charge is -2.12. The third-order valence-corrected chi connectivity index (χ3v) is 3.21. The molecule has 6 nitrogen and oxygen atoms in total. The number of carboxylic acids is 1. The summed E-state index contributed by atoms with van der Waals surface area (Å²) in [4.78, 5) is 25.9. The number of carbonyl (C=O) groups is 2. The minimum atomic E-state index is -1.10. The first-order valence-corrected chi connectivity index (χ1v) is 7.15. The number of thioether (sulfide) groups is 1. The summed E-state index contributed by atoms with van der Waals surface area (Å²) in [6.45, 7) is 2.65. The van der Waals surface area contributed by atoms with E-state index in [1.807, 2.05) is 6.26 Å². The van der Waals surface area contributed by atoms with Gasteiger partial charge in [0.2, 0.25) is 0 Å². The van der Waals surface area contributed by atoms with E-state index in [1.54, 1.807) is 11.8 Å². The minimum absolute atomic E-state index is 0.0560. The minimum Gasteiger partial charge on any atom is -0.477 e. The van der Waals surface area contributed by atoms with E-state index >= 15 is 0 Å². The van der Waals surface area contributed by atoms with Crippen LogP contribution in [0.2, 0.25) is 0 Å².